The molecule has 1 aromatic heterocycles. The lowest BCUT2D eigenvalue weighted by molar-refractivity contribution is 0.0211. The molecule has 3 aliphatic rings. The van der Waals surface area contributed by atoms with E-state index in [0.29, 0.717) is 23.5 Å². The van der Waals surface area contributed by atoms with Gasteiger partial charge in [0.1, 0.15) is 5.76 Å². The van der Waals surface area contributed by atoms with Crippen molar-refractivity contribution in [3.8, 4) is 11.3 Å². The van der Waals surface area contributed by atoms with Crippen LogP contribution in [0.3, 0.4) is 0 Å². The van der Waals surface area contributed by atoms with E-state index in [-0.39, 0.29) is 11.9 Å². The zero-order valence-corrected chi connectivity index (χ0v) is 15.3. The number of rotatable bonds is 3. The highest BCUT2D eigenvalue weighted by molar-refractivity contribution is 9.10. The van der Waals surface area contributed by atoms with Crippen molar-refractivity contribution >= 4 is 21.8 Å². The van der Waals surface area contributed by atoms with Gasteiger partial charge in [-0.2, -0.15) is 0 Å². The molecular weight excluding hydrogens is 368 g/mol. The van der Waals surface area contributed by atoms with Crippen molar-refractivity contribution in [1.29, 1.82) is 0 Å². The fourth-order valence-electron chi connectivity index (χ4n) is 4.02. The molecule has 4 nitrogen and oxygen atoms in total. The molecule has 0 unspecified atom stereocenters. The Labute approximate surface area is 150 Å². The first-order chi connectivity index (χ1) is 11.6. The Balaban J connectivity index is 1.49. The molecular formula is C19H21BrN2O2. The molecule has 126 valence electrons. The lowest BCUT2D eigenvalue weighted by Crippen LogP contribution is -2.62. The van der Waals surface area contributed by atoms with Gasteiger partial charge in [-0.25, -0.2) is 0 Å². The predicted molar refractivity (Wildman–Crippen MR) is 96.9 cm³/mol. The molecule has 0 aliphatic carbocycles. The molecule has 2 atom stereocenters. The number of hydrogen-bond acceptors (Lipinski definition) is 3. The Morgan fingerprint density at radius 3 is 2.75 bits per heavy atom. The zero-order valence-electron chi connectivity index (χ0n) is 13.7. The van der Waals surface area contributed by atoms with Crippen LogP contribution in [-0.4, -0.2) is 36.0 Å². The predicted octanol–water partition coefficient (Wildman–Crippen LogP) is 3.92. The number of carbonyl (C=O) groups is 1. The van der Waals surface area contributed by atoms with Gasteiger partial charge in [0, 0.05) is 22.1 Å². The van der Waals surface area contributed by atoms with Gasteiger partial charge in [-0.3, -0.25) is 9.69 Å². The minimum Gasteiger partial charge on any atom is -0.451 e. The van der Waals surface area contributed by atoms with E-state index in [9.17, 15) is 4.79 Å². The van der Waals surface area contributed by atoms with Crippen LogP contribution in [0, 0.1) is 5.92 Å². The van der Waals surface area contributed by atoms with Crippen LogP contribution in [0.1, 0.15) is 30.3 Å². The van der Waals surface area contributed by atoms with Crippen molar-refractivity contribution in [3.63, 3.8) is 0 Å². The van der Waals surface area contributed by atoms with Crippen molar-refractivity contribution in [1.82, 2.24) is 10.2 Å². The first kappa shape index (κ1) is 15.9. The van der Waals surface area contributed by atoms with Crippen LogP contribution in [0.2, 0.25) is 0 Å². The SMILES string of the molecule is C[C@H]1[C@H](NC(=O)c2ccc(-c3cccc(Br)c3)o2)C2CCN1CC2. The quantitative estimate of drug-likeness (QED) is 0.866. The van der Waals surface area contributed by atoms with Gasteiger partial charge >= 0.3 is 0 Å². The normalized spacial score (nSPS) is 28.8. The van der Waals surface area contributed by atoms with Crippen LogP contribution >= 0.6 is 15.9 Å². The minimum absolute atomic E-state index is 0.109. The maximum Gasteiger partial charge on any atom is 0.287 e. The lowest BCUT2D eigenvalue weighted by atomic mass is 9.79. The highest BCUT2D eigenvalue weighted by Gasteiger charge is 2.40. The summed E-state index contributed by atoms with van der Waals surface area (Å²) in [7, 11) is 0. The van der Waals surface area contributed by atoms with Crippen LogP contribution in [0.25, 0.3) is 11.3 Å². The molecule has 5 heteroatoms. The van der Waals surface area contributed by atoms with E-state index >= 15 is 0 Å². The molecule has 4 heterocycles. The van der Waals surface area contributed by atoms with Gasteiger partial charge in [0.2, 0.25) is 0 Å². The van der Waals surface area contributed by atoms with Crippen LogP contribution in [0.15, 0.2) is 45.3 Å². The van der Waals surface area contributed by atoms with E-state index < -0.39 is 0 Å². The average molecular weight is 389 g/mol. The number of nitrogens with zero attached hydrogens (tertiary/aromatic N) is 1. The molecule has 3 aliphatic heterocycles. The summed E-state index contributed by atoms with van der Waals surface area (Å²) in [4.78, 5) is 15.1. The first-order valence-electron chi connectivity index (χ1n) is 8.52. The van der Waals surface area contributed by atoms with Crippen molar-refractivity contribution in [2.75, 3.05) is 13.1 Å². The number of fused-ring (bicyclic) bond motifs is 3. The molecule has 5 rings (SSSR count). The summed E-state index contributed by atoms with van der Waals surface area (Å²) < 4.78 is 6.79. The van der Waals surface area contributed by atoms with Gasteiger partial charge in [0.15, 0.2) is 5.76 Å². The van der Waals surface area contributed by atoms with E-state index in [0.717, 1.165) is 23.1 Å². The second-order valence-electron chi connectivity index (χ2n) is 6.79. The standard InChI is InChI=1S/C19H21BrN2O2/c1-12-18(13-7-9-22(12)10-8-13)21-19(23)17-6-5-16(24-17)14-3-2-4-15(20)11-14/h2-6,11-13,18H,7-10H2,1H3,(H,21,23)/t12-,18-/m0/s1. The van der Waals surface area contributed by atoms with Gasteiger partial charge < -0.3 is 9.73 Å². The number of piperidine rings is 3. The molecule has 1 amide bonds. The molecule has 2 bridgehead atoms. The first-order valence-corrected chi connectivity index (χ1v) is 9.32. The van der Waals surface area contributed by atoms with Gasteiger partial charge in [-0.05, 0) is 63.0 Å². The number of amides is 1. The number of furan rings is 1. The zero-order chi connectivity index (χ0) is 16.7. The number of carbonyl (C=O) groups excluding carboxylic acids is 1. The number of nitrogens with one attached hydrogen (secondary N) is 1. The largest absolute Gasteiger partial charge is 0.451 e. The average Bonchev–Trinajstić information content (AvgIpc) is 3.09. The summed E-state index contributed by atoms with van der Waals surface area (Å²) in [5.41, 5.74) is 0.958. The fourth-order valence-corrected chi connectivity index (χ4v) is 4.42. The Morgan fingerprint density at radius 2 is 2.04 bits per heavy atom. The van der Waals surface area contributed by atoms with E-state index in [1.165, 1.54) is 12.8 Å². The van der Waals surface area contributed by atoms with Gasteiger partial charge in [-0.15, -0.1) is 0 Å². The van der Waals surface area contributed by atoms with Crippen LogP contribution in [0.5, 0.6) is 0 Å². The number of halogens is 1. The van der Waals surface area contributed by atoms with E-state index in [4.69, 9.17) is 4.42 Å². The Bertz CT molecular complexity index is 747. The van der Waals surface area contributed by atoms with Crippen molar-refractivity contribution in [2.45, 2.75) is 31.8 Å². The number of benzene rings is 1. The third-order valence-electron chi connectivity index (χ3n) is 5.41. The molecule has 24 heavy (non-hydrogen) atoms. The van der Waals surface area contributed by atoms with Crippen LogP contribution in [0.4, 0.5) is 0 Å². The molecule has 0 radical (unpaired) electrons. The maximum absolute atomic E-state index is 12.6. The highest BCUT2D eigenvalue weighted by Crippen LogP contribution is 2.32. The highest BCUT2D eigenvalue weighted by atomic mass is 79.9. The van der Waals surface area contributed by atoms with Gasteiger partial charge in [0.25, 0.3) is 5.91 Å². The molecule has 0 spiro atoms. The van der Waals surface area contributed by atoms with Crippen LogP contribution < -0.4 is 5.32 Å². The summed E-state index contributed by atoms with van der Waals surface area (Å²) in [6.45, 7) is 4.53. The summed E-state index contributed by atoms with van der Waals surface area (Å²) in [6.07, 6.45) is 2.35. The van der Waals surface area contributed by atoms with Crippen molar-refractivity contribution in [2.24, 2.45) is 5.92 Å². The second-order valence-corrected chi connectivity index (χ2v) is 7.70. The molecule has 0 saturated carbocycles. The second kappa shape index (κ2) is 6.37. The van der Waals surface area contributed by atoms with Gasteiger partial charge in [0.05, 0.1) is 0 Å². The summed E-state index contributed by atoms with van der Waals surface area (Å²) in [5.74, 6) is 1.58. The van der Waals surface area contributed by atoms with Crippen LogP contribution in [-0.2, 0) is 0 Å². The lowest BCUT2D eigenvalue weighted by Gasteiger charge is -2.49. The Kier molecular flexibility index (Phi) is 4.22. The Morgan fingerprint density at radius 1 is 1.25 bits per heavy atom. The topological polar surface area (TPSA) is 45.5 Å². The summed E-state index contributed by atoms with van der Waals surface area (Å²) in [6, 6.07) is 12.1. The Hall–Kier alpha value is -1.59. The molecule has 1 N–H and O–H groups in total. The third-order valence-corrected chi connectivity index (χ3v) is 5.91. The smallest absolute Gasteiger partial charge is 0.287 e. The minimum atomic E-state index is -0.109. The van der Waals surface area contributed by atoms with E-state index in [2.05, 4.69) is 33.1 Å². The van der Waals surface area contributed by atoms with Crippen molar-refractivity contribution < 1.29 is 9.21 Å². The maximum atomic E-state index is 12.6. The third kappa shape index (κ3) is 2.91. The van der Waals surface area contributed by atoms with Gasteiger partial charge in [-0.1, -0.05) is 28.1 Å². The van der Waals surface area contributed by atoms with E-state index in [1.807, 2.05) is 30.3 Å². The molecule has 3 fully saturated rings. The molecule has 1 aromatic carbocycles. The number of hydrogen-bond donors (Lipinski definition) is 1. The monoisotopic (exact) mass is 388 g/mol. The fraction of sp³-hybridized carbons (Fsp3) is 0.421. The molecule has 3 saturated heterocycles. The van der Waals surface area contributed by atoms with Crippen molar-refractivity contribution in [3.05, 3.63) is 46.6 Å². The summed E-state index contributed by atoms with van der Waals surface area (Å²) >= 11 is 3.46. The van der Waals surface area contributed by atoms with E-state index in [1.54, 1.807) is 6.07 Å². The molecule has 2 aromatic rings. The summed E-state index contributed by atoms with van der Waals surface area (Å²) in [5, 5.41) is 3.21.